The lowest BCUT2D eigenvalue weighted by molar-refractivity contribution is 0.0451. The molecule has 0 spiro atoms. The number of hydrogen-bond donors (Lipinski definition) is 0. The number of ether oxygens (including phenoxy) is 4. The van der Waals surface area contributed by atoms with Crippen LogP contribution >= 0.6 is 0 Å². The van der Waals surface area contributed by atoms with Crippen LogP contribution in [0.3, 0.4) is 0 Å². The Hall–Kier alpha value is -4.32. The maximum absolute atomic E-state index is 13.3. The van der Waals surface area contributed by atoms with E-state index in [1.54, 1.807) is 0 Å². The van der Waals surface area contributed by atoms with Crippen LogP contribution in [-0.4, -0.2) is 31.0 Å². The lowest BCUT2D eigenvalue weighted by atomic mass is 10.0. The predicted molar refractivity (Wildman–Crippen MR) is 133 cm³/mol. The number of fused-ring (bicyclic) bond motifs is 3. The second kappa shape index (κ2) is 9.14. The van der Waals surface area contributed by atoms with E-state index < -0.39 is 0 Å². The van der Waals surface area contributed by atoms with Gasteiger partial charge < -0.3 is 18.9 Å². The van der Waals surface area contributed by atoms with Gasteiger partial charge in [0.15, 0.2) is 11.5 Å². The molecule has 1 aliphatic carbocycles. The summed E-state index contributed by atoms with van der Waals surface area (Å²) in [7, 11) is 0. The molecule has 0 bridgehead atoms. The number of carbonyl (C=O) groups is 1. The molecular weight excluding hydrogens is 442 g/mol. The molecule has 0 radical (unpaired) electrons. The SMILES string of the molecule is O=C(OCCOc1ccccc1)c1c2c(nc3ccccc13)C(=Cc1ccc3c(c1)OCO3)CC2. The smallest absolute Gasteiger partial charge is 0.339 e. The van der Waals surface area contributed by atoms with Gasteiger partial charge in [-0.1, -0.05) is 42.5 Å². The van der Waals surface area contributed by atoms with Crippen molar-refractivity contribution in [1.82, 2.24) is 4.98 Å². The Bertz CT molecular complexity index is 1440. The van der Waals surface area contributed by atoms with Crippen LogP contribution in [0.1, 0.15) is 33.6 Å². The molecule has 3 aromatic carbocycles. The quantitative estimate of drug-likeness (QED) is 0.269. The number of allylic oxidation sites excluding steroid dienone is 1. The highest BCUT2D eigenvalue weighted by molar-refractivity contribution is 6.07. The van der Waals surface area contributed by atoms with Gasteiger partial charge in [0.05, 0.1) is 16.8 Å². The molecule has 2 heterocycles. The highest BCUT2D eigenvalue weighted by Crippen LogP contribution is 2.39. The van der Waals surface area contributed by atoms with E-state index in [9.17, 15) is 4.79 Å². The van der Waals surface area contributed by atoms with E-state index in [-0.39, 0.29) is 26.0 Å². The Labute approximate surface area is 202 Å². The molecule has 0 amide bonds. The van der Waals surface area contributed by atoms with E-state index in [2.05, 4.69) is 6.08 Å². The van der Waals surface area contributed by atoms with Gasteiger partial charge in [-0.15, -0.1) is 0 Å². The van der Waals surface area contributed by atoms with Crippen LogP contribution in [0.4, 0.5) is 0 Å². The van der Waals surface area contributed by atoms with Gasteiger partial charge in [-0.25, -0.2) is 9.78 Å². The Morgan fingerprint density at radius 1 is 0.914 bits per heavy atom. The number of para-hydroxylation sites is 2. The van der Waals surface area contributed by atoms with Crippen molar-refractivity contribution in [3.8, 4) is 17.2 Å². The number of hydrogen-bond acceptors (Lipinski definition) is 6. The zero-order chi connectivity index (χ0) is 23.6. The standard InChI is InChI=1S/C29H23NO5/c31-29(33-15-14-32-21-6-2-1-3-7-21)27-22-8-4-5-9-24(22)30-28-20(11-12-23(27)28)16-19-10-13-25-26(17-19)35-18-34-25/h1-10,13,16-17H,11-12,14-15,18H2. The Kier molecular flexibility index (Phi) is 5.54. The largest absolute Gasteiger partial charge is 0.490 e. The minimum absolute atomic E-state index is 0.166. The van der Waals surface area contributed by atoms with E-state index >= 15 is 0 Å². The van der Waals surface area contributed by atoms with Crippen molar-refractivity contribution in [3.63, 3.8) is 0 Å². The van der Waals surface area contributed by atoms with Gasteiger partial charge >= 0.3 is 5.97 Å². The second-order valence-electron chi connectivity index (χ2n) is 8.41. The van der Waals surface area contributed by atoms with E-state index in [0.717, 1.165) is 63.4 Å². The third kappa shape index (κ3) is 4.19. The molecule has 0 N–H and O–H groups in total. The van der Waals surface area contributed by atoms with Crippen LogP contribution in [0.2, 0.25) is 0 Å². The molecule has 0 saturated heterocycles. The molecule has 0 unspecified atom stereocenters. The molecule has 4 aromatic rings. The highest BCUT2D eigenvalue weighted by Gasteiger charge is 2.27. The highest BCUT2D eigenvalue weighted by atomic mass is 16.7. The number of esters is 1. The third-order valence-corrected chi connectivity index (χ3v) is 6.21. The molecule has 2 aliphatic rings. The van der Waals surface area contributed by atoms with E-state index in [1.807, 2.05) is 72.8 Å². The van der Waals surface area contributed by atoms with Gasteiger partial charge in [-0.05, 0) is 65.9 Å². The number of benzene rings is 3. The summed E-state index contributed by atoms with van der Waals surface area (Å²) >= 11 is 0. The number of nitrogens with zero attached hydrogens (tertiary/aromatic N) is 1. The third-order valence-electron chi connectivity index (χ3n) is 6.21. The van der Waals surface area contributed by atoms with Crippen molar-refractivity contribution in [2.24, 2.45) is 0 Å². The van der Waals surface area contributed by atoms with Crippen LogP contribution in [-0.2, 0) is 11.2 Å². The molecule has 1 aromatic heterocycles. The fraction of sp³-hybridized carbons (Fsp3) is 0.172. The molecule has 6 heteroatoms. The maximum atomic E-state index is 13.3. The summed E-state index contributed by atoms with van der Waals surface area (Å²) in [5.41, 5.74) is 5.26. The first-order chi connectivity index (χ1) is 17.3. The molecule has 1 aliphatic heterocycles. The van der Waals surface area contributed by atoms with Gasteiger partial charge in [-0.2, -0.15) is 0 Å². The topological polar surface area (TPSA) is 66.9 Å². The number of aromatic nitrogens is 1. The Balaban J connectivity index is 1.29. The summed E-state index contributed by atoms with van der Waals surface area (Å²) in [4.78, 5) is 18.2. The number of pyridine rings is 1. The van der Waals surface area contributed by atoms with Crippen molar-refractivity contribution >= 4 is 28.5 Å². The van der Waals surface area contributed by atoms with Crippen molar-refractivity contribution in [2.75, 3.05) is 20.0 Å². The van der Waals surface area contributed by atoms with Gasteiger partial charge in [0, 0.05) is 5.39 Å². The summed E-state index contributed by atoms with van der Waals surface area (Å²) in [6, 6.07) is 23.1. The van der Waals surface area contributed by atoms with Crippen LogP contribution < -0.4 is 14.2 Å². The van der Waals surface area contributed by atoms with Gasteiger partial charge in [0.1, 0.15) is 19.0 Å². The first kappa shape index (κ1) is 21.2. The summed E-state index contributed by atoms with van der Waals surface area (Å²) in [5, 5.41) is 0.810. The molecule has 6 rings (SSSR count). The molecular formula is C29H23NO5. The fourth-order valence-corrected chi connectivity index (χ4v) is 4.60. The molecule has 0 fully saturated rings. The predicted octanol–water partition coefficient (Wildman–Crippen LogP) is 5.69. The minimum atomic E-state index is -0.346. The molecule has 0 atom stereocenters. The summed E-state index contributed by atoms with van der Waals surface area (Å²) < 4.78 is 22.3. The number of rotatable bonds is 6. The van der Waals surface area contributed by atoms with Crippen molar-refractivity contribution in [2.45, 2.75) is 12.8 Å². The van der Waals surface area contributed by atoms with E-state index in [1.165, 1.54) is 0 Å². The lowest BCUT2D eigenvalue weighted by Crippen LogP contribution is -2.15. The fourth-order valence-electron chi connectivity index (χ4n) is 4.60. The van der Waals surface area contributed by atoms with Crippen molar-refractivity contribution in [1.29, 1.82) is 0 Å². The number of carbonyl (C=O) groups excluding carboxylic acids is 1. The minimum Gasteiger partial charge on any atom is -0.490 e. The first-order valence-corrected chi connectivity index (χ1v) is 11.6. The second-order valence-corrected chi connectivity index (χ2v) is 8.41. The van der Waals surface area contributed by atoms with Gasteiger partial charge in [0.2, 0.25) is 6.79 Å². The van der Waals surface area contributed by atoms with Crippen molar-refractivity contribution in [3.05, 3.63) is 95.2 Å². The first-order valence-electron chi connectivity index (χ1n) is 11.6. The Morgan fingerprint density at radius 3 is 2.66 bits per heavy atom. The van der Waals surface area contributed by atoms with Crippen LogP contribution in [0, 0.1) is 0 Å². The van der Waals surface area contributed by atoms with Gasteiger partial charge in [0.25, 0.3) is 0 Å². The molecule has 0 saturated carbocycles. The van der Waals surface area contributed by atoms with Crippen LogP contribution in [0.5, 0.6) is 17.2 Å². The van der Waals surface area contributed by atoms with Crippen LogP contribution in [0.25, 0.3) is 22.6 Å². The molecule has 174 valence electrons. The molecule has 35 heavy (non-hydrogen) atoms. The maximum Gasteiger partial charge on any atom is 0.339 e. The van der Waals surface area contributed by atoms with E-state index in [0.29, 0.717) is 5.56 Å². The monoisotopic (exact) mass is 465 g/mol. The summed E-state index contributed by atoms with van der Waals surface area (Å²) in [6.07, 6.45) is 3.64. The van der Waals surface area contributed by atoms with Crippen molar-refractivity contribution < 1.29 is 23.7 Å². The van der Waals surface area contributed by atoms with Crippen LogP contribution in [0.15, 0.2) is 72.8 Å². The normalized spacial score (nSPS) is 14.8. The zero-order valence-electron chi connectivity index (χ0n) is 19.0. The zero-order valence-corrected chi connectivity index (χ0v) is 19.0. The van der Waals surface area contributed by atoms with E-state index in [4.69, 9.17) is 23.9 Å². The summed E-state index contributed by atoms with van der Waals surface area (Å²) in [6.45, 7) is 0.697. The average molecular weight is 466 g/mol. The molecule has 6 nitrogen and oxygen atoms in total. The summed E-state index contributed by atoms with van der Waals surface area (Å²) in [5.74, 6) is 1.90. The van der Waals surface area contributed by atoms with Gasteiger partial charge in [-0.3, -0.25) is 0 Å². The Morgan fingerprint density at radius 2 is 1.74 bits per heavy atom. The lowest BCUT2D eigenvalue weighted by Gasteiger charge is -2.13. The average Bonchev–Trinajstić information content (AvgIpc) is 3.52.